The first-order chi connectivity index (χ1) is 11.9. The lowest BCUT2D eigenvalue weighted by molar-refractivity contribution is -0.384. The lowest BCUT2D eigenvalue weighted by atomic mass is 10.1. The van der Waals surface area contributed by atoms with E-state index in [0.29, 0.717) is 6.54 Å². The molecule has 132 valence electrons. The first-order valence-electron chi connectivity index (χ1n) is 8.14. The molecule has 0 aliphatic heterocycles. The second-order valence-corrected chi connectivity index (χ2v) is 7.29. The zero-order valence-electron chi connectivity index (χ0n) is 14.6. The summed E-state index contributed by atoms with van der Waals surface area (Å²) >= 11 is 1.40. The summed E-state index contributed by atoms with van der Waals surface area (Å²) in [6.07, 6.45) is 0.998. The molecule has 6 heteroatoms. The Balaban J connectivity index is 1.94. The maximum Gasteiger partial charge on any atom is 0.269 e. The summed E-state index contributed by atoms with van der Waals surface area (Å²) in [4.78, 5) is 25.4. The van der Waals surface area contributed by atoms with Gasteiger partial charge in [-0.05, 0) is 36.6 Å². The predicted octanol–water partition coefficient (Wildman–Crippen LogP) is 4.30. The Hall–Kier alpha value is -2.34. The van der Waals surface area contributed by atoms with Gasteiger partial charge in [-0.2, -0.15) is 0 Å². The van der Waals surface area contributed by atoms with E-state index in [1.165, 1.54) is 29.5 Å². The molecule has 0 aliphatic carbocycles. The molecule has 2 rings (SSSR count). The molecule has 2 aromatic carbocycles. The van der Waals surface area contributed by atoms with E-state index >= 15 is 0 Å². The molecule has 5 nitrogen and oxygen atoms in total. The van der Waals surface area contributed by atoms with Gasteiger partial charge in [0.15, 0.2) is 0 Å². The van der Waals surface area contributed by atoms with Gasteiger partial charge >= 0.3 is 0 Å². The van der Waals surface area contributed by atoms with Crippen molar-refractivity contribution in [2.24, 2.45) is 0 Å². The van der Waals surface area contributed by atoms with Crippen molar-refractivity contribution in [2.45, 2.75) is 37.0 Å². The van der Waals surface area contributed by atoms with Crippen molar-refractivity contribution in [1.29, 1.82) is 0 Å². The number of aryl methyl sites for hydroxylation is 1. The highest BCUT2D eigenvalue weighted by Gasteiger charge is 2.19. The minimum atomic E-state index is -0.430. The Morgan fingerprint density at radius 3 is 2.20 bits per heavy atom. The summed E-state index contributed by atoms with van der Waals surface area (Å²) in [6, 6.07) is 14.5. The summed E-state index contributed by atoms with van der Waals surface area (Å²) in [7, 11) is 1.79. The van der Waals surface area contributed by atoms with Gasteiger partial charge in [-0.1, -0.05) is 31.2 Å². The number of nitrogens with zero attached hydrogens (tertiary/aromatic N) is 2. The zero-order valence-corrected chi connectivity index (χ0v) is 15.5. The van der Waals surface area contributed by atoms with E-state index in [2.05, 4.69) is 31.2 Å². The minimum Gasteiger partial charge on any atom is -0.340 e. The van der Waals surface area contributed by atoms with Crippen molar-refractivity contribution in [2.75, 3.05) is 7.05 Å². The van der Waals surface area contributed by atoms with Gasteiger partial charge in [0.1, 0.15) is 0 Å². The average Bonchev–Trinajstić information content (AvgIpc) is 2.62. The quantitative estimate of drug-likeness (QED) is 0.421. The number of benzene rings is 2. The van der Waals surface area contributed by atoms with Crippen LogP contribution < -0.4 is 0 Å². The molecule has 1 unspecified atom stereocenters. The third-order valence-electron chi connectivity index (χ3n) is 3.94. The van der Waals surface area contributed by atoms with Gasteiger partial charge in [0.05, 0.1) is 10.2 Å². The third-order valence-corrected chi connectivity index (χ3v) is 5.03. The Morgan fingerprint density at radius 1 is 1.12 bits per heavy atom. The van der Waals surface area contributed by atoms with E-state index in [0.717, 1.165) is 16.9 Å². The minimum absolute atomic E-state index is 0.0305. The van der Waals surface area contributed by atoms with Crippen molar-refractivity contribution in [1.82, 2.24) is 4.90 Å². The Bertz CT molecular complexity index is 729. The SMILES string of the molecule is CCc1ccc(CN(C)C(=O)C(C)Sc2ccc([N+](=O)[O-])cc2)cc1. The molecule has 0 fully saturated rings. The number of hydrogen-bond acceptors (Lipinski definition) is 4. The lowest BCUT2D eigenvalue weighted by Crippen LogP contribution is -2.32. The number of hydrogen-bond donors (Lipinski definition) is 0. The zero-order chi connectivity index (χ0) is 18.4. The number of thioether (sulfide) groups is 1. The van der Waals surface area contributed by atoms with Crippen molar-refractivity contribution in [3.8, 4) is 0 Å². The first-order valence-corrected chi connectivity index (χ1v) is 9.02. The molecule has 0 radical (unpaired) electrons. The average molecular weight is 358 g/mol. The highest BCUT2D eigenvalue weighted by molar-refractivity contribution is 8.00. The molecule has 0 aromatic heterocycles. The van der Waals surface area contributed by atoms with Gasteiger partial charge in [-0.3, -0.25) is 14.9 Å². The highest BCUT2D eigenvalue weighted by atomic mass is 32.2. The van der Waals surface area contributed by atoms with Crippen LogP contribution in [-0.4, -0.2) is 28.0 Å². The van der Waals surface area contributed by atoms with Gasteiger partial charge in [0, 0.05) is 30.6 Å². The van der Waals surface area contributed by atoms with Crippen LogP contribution in [0.4, 0.5) is 5.69 Å². The smallest absolute Gasteiger partial charge is 0.269 e. The topological polar surface area (TPSA) is 63.5 Å². The van der Waals surface area contributed by atoms with Crippen LogP contribution >= 0.6 is 11.8 Å². The normalized spacial score (nSPS) is 11.8. The number of rotatable bonds is 7. The van der Waals surface area contributed by atoms with E-state index in [-0.39, 0.29) is 16.8 Å². The van der Waals surface area contributed by atoms with Crippen LogP contribution in [0.25, 0.3) is 0 Å². The fourth-order valence-corrected chi connectivity index (χ4v) is 3.43. The van der Waals surface area contributed by atoms with Crippen LogP contribution in [0, 0.1) is 10.1 Å². The monoisotopic (exact) mass is 358 g/mol. The van der Waals surface area contributed by atoms with E-state index in [4.69, 9.17) is 0 Å². The van der Waals surface area contributed by atoms with Gasteiger partial charge < -0.3 is 4.90 Å². The summed E-state index contributed by atoms with van der Waals surface area (Å²) in [5, 5.41) is 10.4. The molecular weight excluding hydrogens is 336 g/mol. The van der Waals surface area contributed by atoms with Crippen LogP contribution in [0.3, 0.4) is 0 Å². The number of nitro groups is 1. The van der Waals surface area contributed by atoms with Crippen molar-refractivity contribution < 1.29 is 9.72 Å². The van der Waals surface area contributed by atoms with E-state index in [1.807, 2.05) is 6.92 Å². The molecular formula is C19H22N2O3S. The maximum atomic E-state index is 12.5. The standard InChI is InChI=1S/C19H22N2O3S/c1-4-15-5-7-16(8-6-15)13-20(3)19(22)14(2)25-18-11-9-17(10-12-18)21(23)24/h5-12,14H,4,13H2,1-3H3. The number of carbonyl (C=O) groups excluding carboxylic acids is 1. The Labute approximate surface area is 152 Å². The van der Waals surface area contributed by atoms with Gasteiger partial charge in [0.2, 0.25) is 5.91 Å². The molecule has 25 heavy (non-hydrogen) atoms. The predicted molar refractivity (Wildman–Crippen MR) is 101 cm³/mol. The van der Waals surface area contributed by atoms with Crippen LogP contribution in [-0.2, 0) is 17.8 Å². The largest absolute Gasteiger partial charge is 0.340 e. The number of nitro benzene ring substituents is 1. The highest BCUT2D eigenvalue weighted by Crippen LogP contribution is 2.26. The Morgan fingerprint density at radius 2 is 1.68 bits per heavy atom. The van der Waals surface area contributed by atoms with Gasteiger partial charge in [-0.25, -0.2) is 0 Å². The fraction of sp³-hybridized carbons (Fsp3) is 0.316. The molecule has 0 saturated heterocycles. The number of amides is 1. The van der Waals surface area contributed by atoms with Crippen LogP contribution in [0.2, 0.25) is 0 Å². The fourth-order valence-electron chi connectivity index (χ4n) is 2.44. The second kappa shape index (κ2) is 8.67. The third kappa shape index (κ3) is 5.32. The summed E-state index contributed by atoms with van der Waals surface area (Å²) < 4.78 is 0. The van der Waals surface area contributed by atoms with Crippen molar-refractivity contribution in [3.05, 3.63) is 69.8 Å². The second-order valence-electron chi connectivity index (χ2n) is 5.88. The Kier molecular flexibility index (Phi) is 6.58. The molecule has 2 aromatic rings. The van der Waals surface area contributed by atoms with Crippen LogP contribution in [0.1, 0.15) is 25.0 Å². The van der Waals surface area contributed by atoms with Gasteiger partial charge in [0.25, 0.3) is 5.69 Å². The van der Waals surface area contributed by atoms with Gasteiger partial charge in [-0.15, -0.1) is 11.8 Å². The number of carbonyl (C=O) groups is 1. The van der Waals surface area contributed by atoms with E-state index in [1.54, 1.807) is 24.1 Å². The van der Waals surface area contributed by atoms with E-state index in [9.17, 15) is 14.9 Å². The molecule has 0 spiro atoms. The molecule has 0 heterocycles. The van der Waals surface area contributed by atoms with Crippen LogP contribution in [0.5, 0.6) is 0 Å². The molecule has 0 aliphatic rings. The lowest BCUT2D eigenvalue weighted by Gasteiger charge is -2.21. The molecule has 0 saturated carbocycles. The number of non-ortho nitro benzene ring substituents is 1. The molecule has 0 N–H and O–H groups in total. The van der Waals surface area contributed by atoms with E-state index < -0.39 is 4.92 Å². The summed E-state index contributed by atoms with van der Waals surface area (Å²) in [6.45, 7) is 4.53. The van der Waals surface area contributed by atoms with Crippen molar-refractivity contribution in [3.63, 3.8) is 0 Å². The summed E-state index contributed by atoms with van der Waals surface area (Å²) in [5.41, 5.74) is 2.43. The molecule has 1 atom stereocenters. The van der Waals surface area contributed by atoms with Crippen LogP contribution in [0.15, 0.2) is 53.4 Å². The maximum absolute atomic E-state index is 12.5. The first kappa shape index (κ1) is 19.0. The molecule has 0 bridgehead atoms. The van der Waals surface area contributed by atoms with Crippen molar-refractivity contribution >= 4 is 23.4 Å². The molecule has 1 amide bonds. The summed E-state index contributed by atoms with van der Waals surface area (Å²) in [5.74, 6) is 0.0305.